The van der Waals surface area contributed by atoms with E-state index in [1.54, 1.807) is 0 Å². The predicted octanol–water partition coefficient (Wildman–Crippen LogP) is 8.92. The Hall–Kier alpha value is -4.94. The highest BCUT2D eigenvalue weighted by Gasteiger charge is 2.42. The van der Waals surface area contributed by atoms with Crippen molar-refractivity contribution < 1.29 is 4.74 Å². The quantitative estimate of drug-likeness (QED) is 0.199. The Morgan fingerprint density at radius 3 is 2.33 bits per heavy atom. The zero-order valence-corrected chi connectivity index (χ0v) is 25.2. The van der Waals surface area contributed by atoms with Crippen LogP contribution in [-0.4, -0.2) is 14.7 Å². The summed E-state index contributed by atoms with van der Waals surface area (Å²) in [7, 11) is 0. The second kappa shape index (κ2) is 11.0. The van der Waals surface area contributed by atoms with Gasteiger partial charge in [-0.3, -0.25) is 4.98 Å². The fraction of sp³-hybridized carbons (Fsp3) is 0.135. The lowest BCUT2D eigenvalue weighted by atomic mass is 9.96. The molecule has 1 aliphatic rings. The summed E-state index contributed by atoms with van der Waals surface area (Å²) in [6.07, 6.45) is 1.84. The molecule has 0 saturated carbocycles. The molecule has 1 N–H and O–H groups in total. The minimum atomic E-state index is -0.127. The number of fused-ring (bicyclic) bond motifs is 1. The maximum Gasteiger partial charge on any atom is 0.174 e. The number of nitrogens with zero attached hydrogens (tertiary/aromatic N) is 3. The van der Waals surface area contributed by atoms with Crippen LogP contribution in [0.15, 0.2) is 121 Å². The standard InChI is InChI=1S/C37H32N4OS/c1-24-11-4-7-17-34(24)42-29-20-18-28(19-21-29)41-36(35(39-37(41)43)32-15-8-9-22-38-32)31-23-25(2)40(26(31)3)33-16-10-13-27-12-5-6-14-30(27)33/h4-23,35-36H,1-3H3,(H,39,43)/t35-,36+/m0/s1. The number of thiocarbonyl (C=S) groups is 1. The normalized spacial score (nSPS) is 16.4. The van der Waals surface area contributed by atoms with Gasteiger partial charge in [0.05, 0.1) is 23.5 Å². The number of pyridine rings is 1. The number of hydrogen-bond donors (Lipinski definition) is 1. The number of nitrogens with one attached hydrogen (secondary N) is 1. The van der Waals surface area contributed by atoms with Gasteiger partial charge >= 0.3 is 0 Å². The van der Waals surface area contributed by atoms with Crippen LogP contribution in [0.25, 0.3) is 16.5 Å². The molecule has 0 radical (unpaired) electrons. The monoisotopic (exact) mass is 580 g/mol. The van der Waals surface area contributed by atoms with Crippen LogP contribution in [0.3, 0.4) is 0 Å². The van der Waals surface area contributed by atoms with Gasteiger partial charge in [0.1, 0.15) is 11.5 Å². The van der Waals surface area contributed by atoms with E-state index in [0.717, 1.165) is 28.4 Å². The van der Waals surface area contributed by atoms with Crippen molar-refractivity contribution >= 4 is 33.8 Å². The number of anilines is 1. The first-order valence-electron chi connectivity index (χ1n) is 14.5. The molecule has 43 heavy (non-hydrogen) atoms. The molecule has 2 atom stereocenters. The molecule has 0 amide bonds. The number of para-hydroxylation sites is 1. The highest BCUT2D eigenvalue weighted by atomic mass is 32.1. The molecule has 6 heteroatoms. The molecule has 0 aliphatic carbocycles. The van der Waals surface area contributed by atoms with Crippen molar-refractivity contribution in [3.63, 3.8) is 0 Å². The Morgan fingerprint density at radius 1 is 0.791 bits per heavy atom. The molecule has 212 valence electrons. The van der Waals surface area contributed by atoms with Crippen molar-refractivity contribution in [3.8, 4) is 17.2 Å². The Balaban J connectivity index is 1.32. The van der Waals surface area contributed by atoms with E-state index in [2.05, 4.69) is 108 Å². The van der Waals surface area contributed by atoms with E-state index in [-0.39, 0.29) is 12.1 Å². The molecule has 7 rings (SSSR count). The van der Waals surface area contributed by atoms with Crippen molar-refractivity contribution in [1.82, 2.24) is 14.9 Å². The molecule has 0 bridgehead atoms. The Morgan fingerprint density at radius 2 is 1.53 bits per heavy atom. The maximum absolute atomic E-state index is 6.20. The summed E-state index contributed by atoms with van der Waals surface area (Å²) in [6.45, 7) is 6.43. The largest absolute Gasteiger partial charge is 0.457 e. The molecule has 6 aromatic rings. The van der Waals surface area contributed by atoms with Gasteiger partial charge in [-0.15, -0.1) is 0 Å². The summed E-state index contributed by atoms with van der Waals surface area (Å²) in [6, 6.07) is 39.4. The van der Waals surface area contributed by atoms with Crippen LogP contribution in [0.5, 0.6) is 11.5 Å². The zero-order chi connectivity index (χ0) is 29.5. The van der Waals surface area contributed by atoms with E-state index >= 15 is 0 Å². The SMILES string of the molecule is Cc1ccccc1Oc1ccc(N2C(=S)N[C@@H](c3ccccn3)[C@H]2c2cc(C)n(-c3cccc4ccccc34)c2C)cc1. The van der Waals surface area contributed by atoms with Gasteiger partial charge in [0.25, 0.3) is 0 Å². The third-order valence-electron chi connectivity index (χ3n) is 8.33. The fourth-order valence-electron chi connectivity index (χ4n) is 6.28. The summed E-state index contributed by atoms with van der Waals surface area (Å²) in [5, 5.41) is 6.72. The van der Waals surface area contributed by atoms with Crippen molar-refractivity contribution in [2.45, 2.75) is 32.9 Å². The lowest BCUT2D eigenvalue weighted by Gasteiger charge is -2.28. The molecule has 1 saturated heterocycles. The Kier molecular flexibility index (Phi) is 6.92. The van der Waals surface area contributed by atoms with Gasteiger partial charge in [-0.05, 0) is 104 Å². The molecular formula is C37H32N4OS. The number of rotatable bonds is 6. The maximum atomic E-state index is 6.20. The number of benzene rings is 4. The lowest BCUT2D eigenvalue weighted by molar-refractivity contribution is 0.479. The third-order valence-corrected chi connectivity index (χ3v) is 8.65. The topological polar surface area (TPSA) is 42.3 Å². The van der Waals surface area contributed by atoms with Gasteiger partial charge in [0.2, 0.25) is 0 Å². The number of hydrogen-bond acceptors (Lipinski definition) is 3. The van der Waals surface area contributed by atoms with Gasteiger partial charge in [-0.25, -0.2) is 0 Å². The van der Waals surface area contributed by atoms with Crippen molar-refractivity contribution in [2.24, 2.45) is 0 Å². The van der Waals surface area contributed by atoms with E-state index < -0.39 is 0 Å². The van der Waals surface area contributed by atoms with Crippen molar-refractivity contribution in [3.05, 3.63) is 150 Å². The predicted molar refractivity (Wildman–Crippen MR) is 178 cm³/mol. The summed E-state index contributed by atoms with van der Waals surface area (Å²) >= 11 is 6.02. The summed E-state index contributed by atoms with van der Waals surface area (Å²) in [5.41, 5.74) is 7.76. The zero-order valence-electron chi connectivity index (χ0n) is 24.4. The van der Waals surface area contributed by atoms with Gasteiger partial charge in [0, 0.05) is 28.7 Å². The van der Waals surface area contributed by atoms with E-state index in [9.17, 15) is 0 Å². The molecule has 5 nitrogen and oxygen atoms in total. The minimum Gasteiger partial charge on any atom is -0.457 e. The summed E-state index contributed by atoms with van der Waals surface area (Å²) < 4.78 is 8.56. The molecule has 0 spiro atoms. The first-order chi connectivity index (χ1) is 21.0. The molecule has 0 unspecified atom stereocenters. The van der Waals surface area contributed by atoms with Crippen LogP contribution in [0.1, 0.15) is 40.3 Å². The number of aryl methyl sites for hydroxylation is 2. The van der Waals surface area contributed by atoms with Gasteiger partial charge < -0.3 is 19.5 Å². The first kappa shape index (κ1) is 26.9. The first-order valence-corrected chi connectivity index (χ1v) is 14.9. The summed E-state index contributed by atoms with van der Waals surface area (Å²) in [5.74, 6) is 1.63. The number of aromatic nitrogens is 2. The Bertz CT molecular complexity index is 1940. The average Bonchev–Trinajstić information content (AvgIpc) is 3.53. The van der Waals surface area contributed by atoms with E-state index in [0.29, 0.717) is 5.11 Å². The summed E-state index contributed by atoms with van der Waals surface area (Å²) in [4.78, 5) is 6.97. The average molecular weight is 581 g/mol. The second-order valence-electron chi connectivity index (χ2n) is 11.0. The van der Waals surface area contributed by atoms with E-state index in [1.807, 2.05) is 48.7 Å². The van der Waals surface area contributed by atoms with Crippen LogP contribution >= 0.6 is 12.2 Å². The fourth-order valence-corrected chi connectivity index (χ4v) is 6.63. The number of ether oxygens (including phenoxy) is 1. The molecule has 2 aromatic heterocycles. The van der Waals surface area contributed by atoms with Gasteiger partial charge in [-0.2, -0.15) is 0 Å². The van der Waals surface area contributed by atoms with Crippen LogP contribution in [-0.2, 0) is 0 Å². The van der Waals surface area contributed by atoms with Crippen LogP contribution in [0.4, 0.5) is 5.69 Å². The van der Waals surface area contributed by atoms with Crippen LogP contribution < -0.4 is 15.0 Å². The van der Waals surface area contributed by atoms with Crippen molar-refractivity contribution in [1.29, 1.82) is 0 Å². The van der Waals surface area contributed by atoms with Crippen LogP contribution in [0, 0.1) is 20.8 Å². The lowest BCUT2D eigenvalue weighted by Crippen LogP contribution is -2.29. The highest BCUT2D eigenvalue weighted by molar-refractivity contribution is 7.80. The second-order valence-corrected chi connectivity index (χ2v) is 11.4. The van der Waals surface area contributed by atoms with Crippen LogP contribution in [0.2, 0.25) is 0 Å². The molecule has 1 fully saturated rings. The van der Waals surface area contributed by atoms with E-state index in [1.165, 1.54) is 33.4 Å². The minimum absolute atomic E-state index is 0.111. The molecule has 1 aliphatic heterocycles. The molecular weight excluding hydrogens is 549 g/mol. The third kappa shape index (κ3) is 4.84. The highest BCUT2D eigenvalue weighted by Crippen LogP contribution is 2.44. The van der Waals surface area contributed by atoms with Gasteiger partial charge in [0.15, 0.2) is 5.11 Å². The van der Waals surface area contributed by atoms with E-state index in [4.69, 9.17) is 21.9 Å². The molecule has 3 heterocycles. The molecule has 4 aromatic carbocycles. The van der Waals surface area contributed by atoms with Gasteiger partial charge in [-0.1, -0.05) is 60.7 Å². The smallest absolute Gasteiger partial charge is 0.174 e. The Labute approximate surface area is 257 Å². The van der Waals surface area contributed by atoms with Crippen molar-refractivity contribution in [2.75, 3.05) is 4.90 Å².